The third-order valence-corrected chi connectivity index (χ3v) is 5.80. The Kier molecular flexibility index (Phi) is 5.73. The third-order valence-electron chi connectivity index (χ3n) is 5.55. The van der Waals surface area contributed by atoms with Gasteiger partial charge in [0.15, 0.2) is 11.5 Å². The lowest BCUT2D eigenvalue weighted by Crippen LogP contribution is -2.24. The van der Waals surface area contributed by atoms with Crippen molar-refractivity contribution in [3.63, 3.8) is 0 Å². The molecule has 2 heterocycles. The average Bonchev–Trinajstić information content (AvgIpc) is 3.46. The fourth-order valence-electron chi connectivity index (χ4n) is 3.76. The number of amides is 1. The van der Waals surface area contributed by atoms with Crippen molar-refractivity contribution in [3.05, 3.63) is 88.7 Å². The van der Waals surface area contributed by atoms with Crippen LogP contribution in [0.3, 0.4) is 0 Å². The van der Waals surface area contributed by atoms with E-state index in [1.807, 2.05) is 54.6 Å². The standard InChI is InChI=1S/C25H20ClN5O3/c1-15-23(25(32)27-14-17-5-3-4-6-22(17)33-2)28-30-31(15)19-11-12-21-20(13-19)24(34-29-21)16-7-9-18(26)10-8-16/h3-13H,14H2,1-2H3,(H,27,32). The molecule has 0 aliphatic carbocycles. The van der Waals surface area contributed by atoms with Crippen molar-refractivity contribution in [2.45, 2.75) is 13.5 Å². The molecule has 0 saturated carbocycles. The second kappa shape index (κ2) is 8.99. The van der Waals surface area contributed by atoms with Crippen LogP contribution in [0.25, 0.3) is 27.9 Å². The first-order chi connectivity index (χ1) is 16.5. The third kappa shape index (κ3) is 3.99. The van der Waals surface area contributed by atoms with Crippen LogP contribution in [0.1, 0.15) is 21.7 Å². The Morgan fingerprint density at radius 1 is 1.12 bits per heavy atom. The molecule has 1 amide bonds. The molecule has 5 rings (SSSR count). The molecule has 1 N–H and O–H groups in total. The summed E-state index contributed by atoms with van der Waals surface area (Å²) in [6, 6.07) is 20.5. The van der Waals surface area contributed by atoms with Crippen LogP contribution < -0.4 is 10.1 Å². The molecule has 9 heteroatoms. The van der Waals surface area contributed by atoms with Crippen LogP contribution in [0.5, 0.6) is 5.75 Å². The maximum atomic E-state index is 12.8. The summed E-state index contributed by atoms with van der Waals surface area (Å²) < 4.78 is 12.5. The summed E-state index contributed by atoms with van der Waals surface area (Å²) in [6.45, 7) is 2.11. The molecule has 34 heavy (non-hydrogen) atoms. The highest BCUT2D eigenvalue weighted by Crippen LogP contribution is 2.31. The van der Waals surface area contributed by atoms with Crippen LogP contribution in [0, 0.1) is 6.92 Å². The van der Waals surface area contributed by atoms with Crippen LogP contribution in [0.2, 0.25) is 5.02 Å². The number of rotatable bonds is 6. The number of methoxy groups -OCH3 is 1. The van der Waals surface area contributed by atoms with E-state index in [-0.39, 0.29) is 11.6 Å². The Balaban J connectivity index is 1.42. The first-order valence-corrected chi connectivity index (χ1v) is 10.9. The van der Waals surface area contributed by atoms with Crippen LogP contribution in [-0.4, -0.2) is 33.2 Å². The van der Waals surface area contributed by atoms with Gasteiger partial charge in [0, 0.05) is 22.7 Å². The van der Waals surface area contributed by atoms with E-state index in [4.69, 9.17) is 20.9 Å². The van der Waals surface area contributed by atoms with Crippen LogP contribution >= 0.6 is 11.6 Å². The summed E-state index contributed by atoms with van der Waals surface area (Å²) in [6.07, 6.45) is 0. The van der Waals surface area contributed by atoms with Crippen molar-refractivity contribution in [1.82, 2.24) is 25.5 Å². The number of halogens is 1. The molecule has 0 saturated heterocycles. The summed E-state index contributed by atoms with van der Waals surface area (Å²) in [5.74, 6) is 1.02. The molecule has 0 spiro atoms. The number of nitrogens with zero attached hydrogens (tertiary/aromatic N) is 4. The summed E-state index contributed by atoms with van der Waals surface area (Å²) in [7, 11) is 1.60. The molecular formula is C25H20ClN5O3. The molecule has 0 aliphatic rings. The van der Waals surface area contributed by atoms with Crippen molar-refractivity contribution < 1.29 is 14.1 Å². The number of hydrogen-bond donors (Lipinski definition) is 1. The van der Waals surface area contributed by atoms with E-state index in [1.54, 1.807) is 30.8 Å². The van der Waals surface area contributed by atoms with E-state index in [9.17, 15) is 4.79 Å². The maximum absolute atomic E-state index is 12.8. The van der Waals surface area contributed by atoms with E-state index >= 15 is 0 Å². The Morgan fingerprint density at radius 3 is 2.71 bits per heavy atom. The lowest BCUT2D eigenvalue weighted by atomic mass is 10.1. The Morgan fingerprint density at radius 2 is 1.91 bits per heavy atom. The van der Waals surface area contributed by atoms with Gasteiger partial charge in [-0.05, 0) is 55.5 Å². The molecule has 0 bridgehead atoms. The zero-order valence-corrected chi connectivity index (χ0v) is 19.2. The number of para-hydroxylation sites is 1. The number of carbonyl (C=O) groups is 1. The molecule has 8 nitrogen and oxygen atoms in total. The second-order valence-electron chi connectivity index (χ2n) is 7.65. The molecule has 5 aromatic rings. The average molecular weight is 474 g/mol. The topological polar surface area (TPSA) is 95.1 Å². The van der Waals surface area contributed by atoms with Gasteiger partial charge in [-0.2, -0.15) is 0 Å². The summed E-state index contributed by atoms with van der Waals surface area (Å²) >= 11 is 6.01. The molecule has 0 aliphatic heterocycles. The Labute approximate surface area is 200 Å². The van der Waals surface area contributed by atoms with Gasteiger partial charge in [0.1, 0.15) is 11.3 Å². The van der Waals surface area contributed by atoms with Gasteiger partial charge >= 0.3 is 0 Å². The van der Waals surface area contributed by atoms with Gasteiger partial charge in [-0.3, -0.25) is 4.79 Å². The van der Waals surface area contributed by atoms with Gasteiger partial charge in [-0.15, -0.1) is 5.10 Å². The summed E-state index contributed by atoms with van der Waals surface area (Å²) in [5, 5.41) is 16.8. The van der Waals surface area contributed by atoms with Crippen molar-refractivity contribution in [1.29, 1.82) is 0 Å². The second-order valence-corrected chi connectivity index (χ2v) is 8.09. The van der Waals surface area contributed by atoms with Crippen molar-refractivity contribution in [2.75, 3.05) is 7.11 Å². The fourth-order valence-corrected chi connectivity index (χ4v) is 3.89. The Bertz CT molecular complexity index is 1490. The lowest BCUT2D eigenvalue weighted by molar-refractivity contribution is 0.0945. The molecule has 0 unspecified atom stereocenters. The Hall–Kier alpha value is -4.17. The van der Waals surface area contributed by atoms with E-state index in [0.29, 0.717) is 34.3 Å². The zero-order valence-electron chi connectivity index (χ0n) is 18.4. The highest BCUT2D eigenvalue weighted by molar-refractivity contribution is 6.30. The van der Waals surface area contributed by atoms with Crippen molar-refractivity contribution in [3.8, 4) is 22.8 Å². The van der Waals surface area contributed by atoms with E-state index in [0.717, 1.165) is 22.2 Å². The smallest absolute Gasteiger partial charge is 0.274 e. The van der Waals surface area contributed by atoms with Crippen LogP contribution in [0.4, 0.5) is 0 Å². The predicted octanol–water partition coefficient (Wildman–Crippen LogP) is 4.98. The fraction of sp³-hybridized carbons (Fsp3) is 0.120. The minimum absolute atomic E-state index is 0.248. The molecule has 0 radical (unpaired) electrons. The van der Waals surface area contributed by atoms with Gasteiger partial charge in [-0.1, -0.05) is 40.2 Å². The molecule has 0 atom stereocenters. The van der Waals surface area contributed by atoms with E-state index in [2.05, 4.69) is 20.8 Å². The van der Waals surface area contributed by atoms with Gasteiger partial charge < -0.3 is 14.6 Å². The number of fused-ring (bicyclic) bond motifs is 1. The SMILES string of the molecule is COc1ccccc1CNC(=O)c1nnn(-c2ccc3noc(-c4ccc(Cl)cc4)c3c2)c1C. The lowest BCUT2D eigenvalue weighted by Gasteiger charge is -2.09. The highest BCUT2D eigenvalue weighted by atomic mass is 35.5. The first kappa shape index (κ1) is 21.7. The molecule has 2 aromatic heterocycles. The van der Waals surface area contributed by atoms with Gasteiger partial charge in [0.2, 0.25) is 0 Å². The molecule has 3 aromatic carbocycles. The minimum Gasteiger partial charge on any atom is -0.496 e. The normalized spacial score (nSPS) is 11.0. The predicted molar refractivity (Wildman–Crippen MR) is 128 cm³/mol. The summed E-state index contributed by atoms with van der Waals surface area (Å²) in [4.78, 5) is 12.8. The van der Waals surface area contributed by atoms with Gasteiger partial charge in [0.25, 0.3) is 5.91 Å². The number of ether oxygens (including phenoxy) is 1. The minimum atomic E-state index is -0.317. The number of aromatic nitrogens is 4. The summed E-state index contributed by atoms with van der Waals surface area (Å²) in [5.41, 5.74) is 4.03. The number of benzene rings is 3. The van der Waals surface area contributed by atoms with E-state index < -0.39 is 0 Å². The molecule has 170 valence electrons. The molecule has 0 fully saturated rings. The molecular weight excluding hydrogens is 454 g/mol. The maximum Gasteiger partial charge on any atom is 0.274 e. The first-order valence-electron chi connectivity index (χ1n) is 10.5. The van der Waals surface area contributed by atoms with Gasteiger partial charge in [-0.25, -0.2) is 4.68 Å². The number of carbonyl (C=O) groups excluding carboxylic acids is 1. The quantitative estimate of drug-likeness (QED) is 0.374. The van der Waals surface area contributed by atoms with Crippen LogP contribution in [0.15, 0.2) is 71.3 Å². The monoisotopic (exact) mass is 473 g/mol. The van der Waals surface area contributed by atoms with Gasteiger partial charge in [0.05, 0.1) is 23.9 Å². The van der Waals surface area contributed by atoms with Crippen LogP contribution in [-0.2, 0) is 6.54 Å². The van der Waals surface area contributed by atoms with E-state index in [1.165, 1.54) is 0 Å². The highest BCUT2D eigenvalue weighted by Gasteiger charge is 2.19. The van der Waals surface area contributed by atoms with Crippen molar-refractivity contribution >= 4 is 28.4 Å². The largest absolute Gasteiger partial charge is 0.496 e. The zero-order chi connectivity index (χ0) is 23.7. The number of nitrogens with one attached hydrogen (secondary N) is 1. The number of hydrogen-bond acceptors (Lipinski definition) is 6. The van der Waals surface area contributed by atoms with Crippen molar-refractivity contribution in [2.24, 2.45) is 0 Å².